The third-order valence-electron chi connectivity index (χ3n) is 4.28. The minimum absolute atomic E-state index is 0.512. The second-order valence-corrected chi connectivity index (χ2v) is 9.74. The molecule has 0 spiro atoms. The lowest BCUT2D eigenvalue weighted by molar-refractivity contribution is 0.540. The maximum atomic E-state index is 11.9. The number of rotatable bonds is 11. The first kappa shape index (κ1) is 21.8. The molecule has 5 nitrogen and oxygen atoms in total. The van der Waals surface area contributed by atoms with Gasteiger partial charge in [0.2, 0.25) is 10.0 Å². The van der Waals surface area contributed by atoms with Crippen LogP contribution >= 0.6 is 0 Å². The van der Waals surface area contributed by atoms with Gasteiger partial charge in [0.25, 0.3) is 0 Å². The monoisotopic (exact) mass is 369 g/mol. The zero-order valence-electron chi connectivity index (χ0n) is 16.4. The molecule has 0 radical (unpaired) electrons. The Morgan fingerprint density at radius 1 is 0.920 bits per heavy atom. The average Bonchev–Trinajstić information content (AvgIpc) is 2.55. The van der Waals surface area contributed by atoms with E-state index < -0.39 is 14.8 Å². The van der Waals surface area contributed by atoms with E-state index >= 15 is 0 Å². The number of anilines is 2. The van der Waals surface area contributed by atoms with Gasteiger partial charge in [-0.05, 0) is 71.7 Å². The van der Waals surface area contributed by atoms with Crippen LogP contribution < -0.4 is 14.9 Å². The summed E-state index contributed by atoms with van der Waals surface area (Å²) in [6, 6.07) is 8.53. The summed E-state index contributed by atoms with van der Waals surface area (Å²) in [7, 11) is -3.22. The van der Waals surface area contributed by atoms with Gasteiger partial charge in [-0.1, -0.05) is 6.42 Å². The lowest BCUT2D eigenvalue weighted by atomic mass is 10.2. The van der Waals surface area contributed by atoms with Gasteiger partial charge in [0.1, 0.15) is 0 Å². The van der Waals surface area contributed by atoms with Gasteiger partial charge in [-0.25, -0.2) is 13.1 Å². The van der Waals surface area contributed by atoms with Crippen molar-refractivity contribution in [2.45, 2.75) is 58.6 Å². The Morgan fingerprint density at radius 3 is 2.00 bits per heavy atom. The largest absolute Gasteiger partial charge is 0.385 e. The van der Waals surface area contributed by atoms with Crippen molar-refractivity contribution in [3.05, 3.63) is 24.3 Å². The molecule has 0 saturated carbocycles. The van der Waals surface area contributed by atoms with E-state index in [0.717, 1.165) is 44.6 Å². The molecule has 0 bridgehead atoms. The van der Waals surface area contributed by atoms with Crippen molar-refractivity contribution < 1.29 is 8.42 Å². The van der Waals surface area contributed by atoms with Crippen LogP contribution in [0.5, 0.6) is 0 Å². The summed E-state index contributed by atoms with van der Waals surface area (Å²) in [6.07, 6.45) is 2.88. The first-order valence-electron chi connectivity index (χ1n) is 9.29. The van der Waals surface area contributed by atoms with Gasteiger partial charge in [0, 0.05) is 37.6 Å². The minimum Gasteiger partial charge on any atom is -0.385 e. The predicted molar refractivity (Wildman–Crippen MR) is 109 cm³/mol. The number of benzene rings is 1. The van der Waals surface area contributed by atoms with Crippen molar-refractivity contribution in [3.8, 4) is 0 Å². The second kappa shape index (κ2) is 10.0. The Kier molecular flexibility index (Phi) is 8.73. The molecule has 0 unspecified atom stereocenters. The van der Waals surface area contributed by atoms with Crippen molar-refractivity contribution >= 4 is 21.4 Å². The SMILES string of the molecule is CCN(CC)c1ccc(NCCCCCNS(=O)(=O)C(C)(C)C)cc1. The summed E-state index contributed by atoms with van der Waals surface area (Å²) < 4.78 is 25.8. The molecule has 0 heterocycles. The van der Waals surface area contributed by atoms with Gasteiger partial charge in [0.15, 0.2) is 0 Å². The highest BCUT2D eigenvalue weighted by atomic mass is 32.2. The van der Waals surface area contributed by atoms with Gasteiger partial charge in [0.05, 0.1) is 4.75 Å². The molecule has 1 aromatic carbocycles. The van der Waals surface area contributed by atoms with Crippen LogP contribution in [0.3, 0.4) is 0 Å². The van der Waals surface area contributed by atoms with E-state index in [1.54, 1.807) is 20.8 Å². The highest BCUT2D eigenvalue weighted by Crippen LogP contribution is 2.18. The number of unbranched alkanes of at least 4 members (excludes halogenated alkanes) is 2. The fraction of sp³-hybridized carbons (Fsp3) is 0.684. The van der Waals surface area contributed by atoms with Crippen molar-refractivity contribution in [1.82, 2.24) is 4.72 Å². The Hall–Kier alpha value is -1.27. The van der Waals surface area contributed by atoms with Crippen molar-refractivity contribution in [1.29, 1.82) is 0 Å². The Morgan fingerprint density at radius 2 is 1.48 bits per heavy atom. The molecule has 0 aliphatic carbocycles. The standard InChI is InChI=1S/C19H35N3O2S/c1-6-22(7-2)18-13-11-17(12-14-18)20-15-9-8-10-16-21-25(23,24)19(3,4)5/h11-14,20-21H,6-10,15-16H2,1-5H3. The summed E-state index contributed by atoms with van der Waals surface area (Å²) in [6.45, 7) is 12.9. The van der Waals surface area contributed by atoms with Crippen LogP contribution in [0.4, 0.5) is 11.4 Å². The lowest BCUT2D eigenvalue weighted by Crippen LogP contribution is -2.39. The molecule has 0 saturated heterocycles. The molecule has 1 aromatic rings. The molecule has 144 valence electrons. The molecule has 0 fully saturated rings. The van der Waals surface area contributed by atoms with Crippen LogP contribution in [-0.2, 0) is 10.0 Å². The van der Waals surface area contributed by atoms with Gasteiger partial charge >= 0.3 is 0 Å². The number of nitrogens with zero attached hydrogens (tertiary/aromatic N) is 1. The summed E-state index contributed by atoms with van der Waals surface area (Å²) in [5.74, 6) is 0. The number of sulfonamides is 1. The number of hydrogen-bond acceptors (Lipinski definition) is 4. The fourth-order valence-corrected chi connectivity index (χ4v) is 3.31. The van der Waals surface area contributed by atoms with E-state index in [2.05, 4.69) is 53.1 Å². The molecule has 0 aliphatic heterocycles. The molecule has 25 heavy (non-hydrogen) atoms. The molecule has 6 heteroatoms. The molecule has 0 amide bonds. The first-order chi connectivity index (χ1) is 11.7. The smallest absolute Gasteiger partial charge is 0.216 e. The zero-order chi connectivity index (χ0) is 18.9. The van der Waals surface area contributed by atoms with Crippen LogP contribution in [0.1, 0.15) is 53.9 Å². The normalized spacial score (nSPS) is 12.2. The summed E-state index contributed by atoms with van der Waals surface area (Å²) in [4.78, 5) is 2.32. The van der Waals surface area contributed by atoms with Gasteiger partial charge in [-0.2, -0.15) is 0 Å². The van der Waals surface area contributed by atoms with Gasteiger partial charge in [-0.3, -0.25) is 0 Å². The van der Waals surface area contributed by atoms with Crippen molar-refractivity contribution in [2.75, 3.05) is 36.4 Å². The average molecular weight is 370 g/mol. The maximum Gasteiger partial charge on any atom is 0.216 e. The number of hydrogen-bond donors (Lipinski definition) is 2. The molecular weight excluding hydrogens is 334 g/mol. The van der Waals surface area contributed by atoms with Crippen LogP contribution in [0, 0.1) is 0 Å². The third-order valence-corrected chi connectivity index (χ3v) is 6.47. The fourth-order valence-electron chi connectivity index (χ4n) is 2.46. The minimum atomic E-state index is -3.22. The summed E-state index contributed by atoms with van der Waals surface area (Å²) >= 11 is 0. The molecule has 1 rings (SSSR count). The highest BCUT2D eigenvalue weighted by molar-refractivity contribution is 7.90. The van der Waals surface area contributed by atoms with E-state index in [1.165, 1.54) is 5.69 Å². The summed E-state index contributed by atoms with van der Waals surface area (Å²) in [5, 5.41) is 3.42. The Labute approximate surface area is 154 Å². The van der Waals surface area contributed by atoms with Crippen molar-refractivity contribution in [2.24, 2.45) is 0 Å². The van der Waals surface area contributed by atoms with E-state index in [4.69, 9.17) is 0 Å². The first-order valence-corrected chi connectivity index (χ1v) is 10.8. The van der Waals surface area contributed by atoms with E-state index in [-0.39, 0.29) is 0 Å². The Bertz CT molecular complexity index is 588. The van der Waals surface area contributed by atoms with Crippen LogP contribution in [-0.4, -0.2) is 39.3 Å². The molecule has 0 atom stereocenters. The summed E-state index contributed by atoms with van der Waals surface area (Å²) in [5.41, 5.74) is 2.38. The molecule has 2 N–H and O–H groups in total. The Balaban J connectivity index is 2.22. The topological polar surface area (TPSA) is 61.4 Å². The molecular formula is C19H35N3O2S. The lowest BCUT2D eigenvalue weighted by Gasteiger charge is -2.21. The third kappa shape index (κ3) is 7.24. The molecule has 0 aliphatic rings. The maximum absolute atomic E-state index is 11.9. The number of nitrogens with one attached hydrogen (secondary N) is 2. The van der Waals surface area contributed by atoms with Crippen LogP contribution in [0.2, 0.25) is 0 Å². The van der Waals surface area contributed by atoms with E-state index in [0.29, 0.717) is 6.54 Å². The van der Waals surface area contributed by atoms with E-state index in [1.807, 2.05) is 0 Å². The highest BCUT2D eigenvalue weighted by Gasteiger charge is 2.27. The quantitative estimate of drug-likeness (QED) is 0.582. The zero-order valence-corrected chi connectivity index (χ0v) is 17.2. The second-order valence-electron chi connectivity index (χ2n) is 7.22. The molecule has 0 aromatic heterocycles. The van der Waals surface area contributed by atoms with E-state index in [9.17, 15) is 8.42 Å². The van der Waals surface area contributed by atoms with Gasteiger partial charge < -0.3 is 10.2 Å². The van der Waals surface area contributed by atoms with Crippen LogP contribution in [0.15, 0.2) is 24.3 Å². The predicted octanol–water partition coefficient (Wildman–Crippen LogP) is 3.83. The van der Waals surface area contributed by atoms with Crippen LogP contribution in [0.25, 0.3) is 0 Å². The van der Waals surface area contributed by atoms with Gasteiger partial charge in [-0.15, -0.1) is 0 Å². The van der Waals surface area contributed by atoms with Crippen molar-refractivity contribution in [3.63, 3.8) is 0 Å².